The van der Waals surface area contributed by atoms with E-state index in [1.165, 1.54) is 44.9 Å². The minimum Gasteiger partial charge on any atom is -0.494 e. The van der Waals surface area contributed by atoms with Crippen LogP contribution in [-0.4, -0.2) is 19.2 Å². The van der Waals surface area contributed by atoms with E-state index in [0.717, 1.165) is 29.5 Å². The van der Waals surface area contributed by atoms with Gasteiger partial charge in [0, 0.05) is 0 Å². The molecule has 0 amide bonds. The number of ether oxygens (including phenoxy) is 2. The molecule has 0 bridgehead atoms. The van der Waals surface area contributed by atoms with E-state index < -0.39 is 0 Å². The Morgan fingerprint density at radius 1 is 0.808 bits per heavy atom. The molecule has 0 heterocycles. The van der Waals surface area contributed by atoms with Crippen molar-refractivity contribution in [2.75, 3.05) is 13.2 Å². The summed E-state index contributed by atoms with van der Waals surface area (Å²) < 4.78 is 10.9. The van der Waals surface area contributed by atoms with Gasteiger partial charge < -0.3 is 9.47 Å². The van der Waals surface area contributed by atoms with Gasteiger partial charge in [0.15, 0.2) is 0 Å². The lowest BCUT2D eigenvalue weighted by molar-refractivity contribution is 0.0526. The number of carbonyl (C=O) groups excluding carboxylic acids is 1. The highest BCUT2D eigenvalue weighted by molar-refractivity contribution is 5.95. The first kappa shape index (κ1) is 20.3. The summed E-state index contributed by atoms with van der Waals surface area (Å²) >= 11 is 0. The van der Waals surface area contributed by atoms with Gasteiger partial charge in [-0.2, -0.15) is 0 Å². The average Bonchev–Trinajstić information content (AvgIpc) is 2.66. The van der Waals surface area contributed by atoms with Gasteiger partial charge in [-0.25, -0.2) is 4.79 Å². The van der Waals surface area contributed by atoms with Crippen LogP contribution in [0.2, 0.25) is 0 Å². The van der Waals surface area contributed by atoms with Gasteiger partial charge in [0.05, 0.1) is 18.8 Å². The molecular weight excluding hydrogens is 324 g/mol. The minimum atomic E-state index is -0.274. The maximum Gasteiger partial charge on any atom is 0.338 e. The number of hydrogen-bond acceptors (Lipinski definition) is 3. The van der Waals surface area contributed by atoms with E-state index in [2.05, 4.69) is 6.92 Å². The molecule has 142 valence electrons. The highest BCUT2D eigenvalue weighted by Crippen LogP contribution is 2.23. The van der Waals surface area contributed by atoms with E-state index in [9.17, 15) is 4.79 Å². The molecular formula is C23H32O3. The van der Waals surface area contributed by atoms with Gasteiger partial charge in [-0.15, -0.1) is 0 Å². The molecule has 3 nitrogen and oxygen atoms in total. The van der Waals surface area contributed by atoms with Gasteiger partial charge in [0.1, 0.15) is 5.75 Å². The summed E-state index contributed by atoms with van der Waals surface area (Å²) in [4.78, 5) is 11.8. The molecule has 26 heavy (non-hydrogen) atoms. The number of benzene rings is 2. The second-order valence-electron chi connectivity index (χ2n) is 6.77. The van der Waals surface area contributed by atoms with Crippen LogP contribution < -0.4 is 4.74 Å². The van der Waals surface area contributed by atoms with Gasteiger partial charge in [-0.3, -0.25) is 0 Å². The van der Waals surface area contributed by atoms with Crippen molar-refractivity contribution in [3.63, 3.8) is 0 Å². The lowest BCUT2D eigenvalue weighted by atomic mass is 10.1. The molecule has 0 aliphatic rings. The normalized spacial score (nSPS) is 10.8. The molecule has 0 fully saturated rings. The maximum atomic E-state index is 11.8. The highest BCUT2D eigenvalue weighted by atomic mass is 16.5. The van der Waals surface area contributed by atoms with Crippen LogP contribution in [0.4, 0.5) is 0 Å². The molecule has 0 spiro atoms. The van der Waals surface area contributed by atoms with Crippen molar-refractivity contribution in [1.29, 1.82) is 0 Å². The summed E-state index contributed by atoms with van der Waals surface area (Å²) in [5, 5.41) is 2.10. The molecule has 0 aliphatic carbocycles. The molecule has 0 aromatic heterocycles. The molecule has 0 saturated carbocycles. The van der Waals surface area contributed by atoms with Crippen LogP contribution in [0.1, 0.15) is 75.6 Å². The Bertz CT molecular complexity index is 678. The second-order valence-corrected chi connectivity index (χ2v) is 6.77. The van der Waals surface area contributed by atoms with Crippen LogP contribution in [0.5, 0.6) is 5.75 Å². The van der Waals surface area contributed by atoms with Crippen molar-refractivity contribution in [3.8, 4) is 5.75 Å². The minimum absolute atomic E-state index is 0.274. The maximum absolute atomic E-state index is 11.8. The van der Waals surface area contributed by atoms with Crippen LogP contribution >= 0.6 is 0 Å². The fraction of sp³-hybridized carbons (Fsp3) is 0.522. The predicted molar refractivity (Wildman–Crippen MR) is 108 cm³/mol. The monoisotopic (exact) mass is 356 g/mol. The zero-order chi connectivity index (χ0) is 18.6. The largest absolute Gasteiger partial charge is 0.494 e. The molecule has 0 saturated heterocycles. The number of hydrogen-bond donors (Lipinski definition) is 0. The van der Waals surface area contributed by atoms with Gasteiger partial charge in [0.2, 0.25) is 0 Å². The number of fused-ring (bicyclic) bond motifs is 1. The van der Waals surface area contributed by atoms with Crippen LogP contribution in [0.15, 0.2) is 36.4 Å². The Labute approximate surface area is 157 Å². The van der Waals surface area contributed by atoms with Gasteiger partial charge in [-0.1, -0.05) is 64.0 Å². The average molecular weight is 357 g/mol. The highest BCUT2D eigenvalue weighted by Gasteiger charge is 2.07. The van der Waals surface area contributed by atoms with Crippen molar-refractivity contribution in [3.05, 3.63) is 42.0 Å². The molecule has 0 N–H and O–H groups in total. The fourth-order valence-corrected chi connectivity index (χ4v) is 3.08. The second kappa shape index (κ2) is 11.6. The van der Waals surface area contributed by atoms with E-state index in [4.69, 9.17) is 9.47 Å². The molecule has 3 heteroatoms. The number of unbranched alkanes of at least 4 members (excludes halogenated alkanes) is 7. The first-order valence-electron chi connectivity index (χ1n) is 10.1. The predicted octanol–water partition coefficient (Wildman–Crippen LogP) is 6.54. The molecule has 0 radical (unpaired) electrons. The van der Waals surface area contributed by atoms with E-state index in [-0.39, 0.29) is 5.97 Å². The molecule has 0 unspecified atom stereocenters. The van der Waals surface area contributed by atoms with Crippen molar-refractivity contribution in [2.24, 2.45) is 0 Å². The summed E-state index contributed by atoms with van der Waals surface area (Å²) in [6, 6.07) is 11.6. The van der Waals surface area contributed by atoms with E-state index in [0.29, 0.717) is 12.2 Å². The van der Waals surface area contributed by atoms with Crippen LogP contribution in [0.3, 0.4) is 0 Å². The summed E-state index contributed by atoms with van der Waals surface area (Å²) in [7, 11) is 0. The zero-order valence-corrected chi connectivity index (χ0v) is 16.3. The summed E-state index contributed by atoms with van der Waals surface area (Å²) in [6.07, 6.45) is 10.4. The van der Waals surface area contributed by atoms with Gasteiger partial charge in [-0.05, 0) is 48.4 Å². The van der Waals surface area contributed by atoms with E-state index >= 15 is 0 Å². The Morgan fingerprint density at radius 3 is 2.19 bits per heavy atom. The zero-order valence-electron chi connectivity index (χ0n) is 16.3. The third kappa shape index (κ3) is 6.70. The van der Waals surface area contributed by atoms with Crippen LogP contribution in [0.25, 0.3) is 10.8 Å². The van der Waals surface area contributed by atoms with Crippen molar-refractivity contribution >= 4 is 16.7 Å². The third-order valence-electron chi connectivity index (χ3n) is 4.59. The summed E-state index contributed by atoms with van der Waals surface area (Å²) in [6.45, 7) is 5.22. The topological polar surface area (TPSA) is 35.5 Å². The molecule has 0 atom stereocenters. The third-order valence-corrected chi connectivity index (χ3v) is 4.59. The molecule has 0 aliphatic heterocycles. The van der Waals surface area contributed by atoms with Gasteiger partial charge >= 0.3 is 5.97 Å². The number of carbonyl (C=O) groups is 1. The SMILES string of the molecule is CCCCCCCCCCOc1ccc2cc(C(=O)OCC)ccc2c1. The van der Waals surface area contributed by atoms with Gasteiger partial charge in [0.25, 0.3) is 0 Å². The van der Waals surface area contributed by atoms with E-state index in [1.807, 2.05) is 43.3 Å². The summed E-state index contributed by atoms with van der Waals surface area (Å²) in [5.41, 5.74) is 0.590. The van der Waals surface area contributed by atoms with Crippen LogP contribution in [-0.2, 0) is 4.74 Å². The van der Waals surface area contributed by atoms with Crippen molar-refractivity contribution in [2.45, 2.75) is 65.2 Å². The smallest absolute Gasteiger partial charge is 0.338 e. The van der Waals surface area contributed by atoms with Crippen LogP contribution in [0, 0.1) is 0 Å². The van der Waals surface area contributed by atoms with Crippen molar-refractivity contribution in [1.82, 2.24) is 0 Å². The molecule has 2 rings (SSSR count). The van der Waals surface area contributed by atoms with Crippen molar-refractivity contribution < 1.29 is 14.3 Å². The Kier molecular flexibility index (Phi) is 9.02. The quantitative estimate of drug-likeness (QED) is 0.320. The first-order valence-corrected chi connectivity index (χ1v) is 10.1. The number of esters is 1. The summed E-state index contributed by atoms with van der Waals surface area (Å²) in [5.74, 6) is 0.619. The fourth-order valence-electron chi connectivity index (χ4n) is 3.08. The Morgan fingerprint density at radius 2 is 1.46 bits per heavy atom. The lowest BCUT2D eigenvalue weighted by Crippen LogP contribution is -2.04. The molecule has 2 aromatic rings. The number of rotatable bonds is 12. The molecule has 2 aromatic carbocycles. The first-order chi connectivity index (χ1) is 12.7. The van der Waals surface area contributed by atoms with E-state index in [1.54, 1.807) is 0 Å². The lowest BCUT2D eigenvalue weighted by Gasteiger charge is -2.08. The Hall–Kier alpha value is -2.03. The Balaban J connectivity index is 1.75. The standard InChI is InChI=1S/C23H32O3/c1-3-5-6-7-8-9-10-11-16-26-22-15-14-19-17-21(23(24)25-4-2)13-12-20(19)18-22/h12-15,17-18H,3-11,16H2,1-2H3.